The first-order valence-corrected chi connectivity index (χ1v) is 8.98. The first kappa shape index (κ1) is 18.4. The van der Waals surface area contributed by atoms with Crippen LogP contribution in [0.15, 0.2) is 48.5 Å². The van der Waals surface area contributed by atoms with E-state index in [1.54, 1.807) is 0 Å². The Morgan fingerprint density at radius 2 is 1.64 bits per heavy atom. The highest BCUT2D eigenvalue weighted by Crippen LogP contribution is 2.33. The normalized spacial score (nSPS) is 19.4. The zero-order valence-electron chi connectivity index (χ0n) is 14.3. The van der Waals surface area contributed by atoms with Crippen LogP contribution < -0.4 is 0 Å². The van der Waals surface area contributed by atoms with Crippen LogP contribution in [0.1, 0.15) is 18.4 Å². The summed E-state index contributed by atoms with van der Waals surface area (Å²) in [6.45, 7) is 4.37. The predicted molar refractivity (Wildman–Crippen MR) is 99.7 cm³/mol. The van der Waals surface area contributed by atoms with Gasteiger partial charge in [0.15, 0.2) is 0 Å². The van der Waals surface area contributed by atoms with Gasteiger partial charge in [-0.15, -0.1) is 0 Å². The van der Waals surface area contributed by atoms with Gasteiger partial charge in [0.2, 0.25) is 0 Å². The average Bonchev–Trinajstić information content (AvgIpc) is 2.67. The lowest BCUT2D eigenvalue weighted by atomic mass is 9.87. The van der Waals surface area contributed by atoms with Crippen molar-refractivity contribution in [2.24, 2.45) is 0 Å². The van der Waals surface area contributed by atoms with E-state index in [2.05, 4.69) is 0 Å². The van der Waals surface area contributed by atoms with E-state index in [0.717, 1.165) is 16.7 Å². The number of aliphatic hydroxyl groups is 2. The highest BCUT2D eigenvalue weighted by atomic mass is 35.5. The number of rotatable bonds is 5. The smallest absolute Gasteiger partial charge is 0.134 e. The van der Waals surface area contributed by atoms with Gasteiger partial charge in [-0.3, -0.25) is 4.90 Å². The van der Waals surface area contributed by atoms with Crippen molar-refractivity contribution in [3.05, 3.63) is 59.1 Å². The molecule has 2 N–H and O–H groups in total. The zero-order valence-corrected chi connectivity index (χ0v) is 15.1. The van der Waals surface area contributed by atoms with Crippen molar-refractivity contribution in [3.63, 3.8) is 0 Å². The van der Waals surface area contributed by atoms with E-state index in [-0.39, 0.29) is 5.92 Å². The van der Waals surface area contributed by atoms with Gasteiger partial charge in [-0.1, -0.05) is 54.9 Å². The third kappa shape index (κ3) is 4.22. The Bertz CT molecular complexity index is 686. The molecular weight excluding hydrogens is 338 g/mol. The first-order valence-electron chi connectivity index (χ1n) is 8.60. The van der Waals surface area contributed by atoms with Crippen LogP contribution in [0, 0.1) is 0 Å². The summed E-state index contributed by atoms with van der Waals surface area (Å²) in [5.74, 6) is -0.218. The molecule has 1 fully saturated rings. The molecule has 134 valence electrons. The summed E-state index contributed by atoms with van der Waals surface area (Å²) >= 11 is 5.99. The standard InChI is InChI=1S/C20H24ClNO3/c1-14(19(23)20(24)22-10-12-25-13-11-22)17-4-2-3-5-18(17)15-6-8-16(21)9-7-15/h2-9,14,19-20,23-24H,10-13H2,1H3. The molecule has 4 nitrogen and oxygen atoms in total. The maximum absolute atomic E-state index is 10.8. The second-order valence-electron chi connectivity index (χ2n) is 6.44. The molecule has 1 saturated heterocycles. The Hall–Kier alpha value is -1.43. The number of hydrogen-bond donors (Lipinski definition) is 2. The fraction of sp³-hybridized carbons (Fsp3) is 0.400. The minimum absolute atomic E-state index is 0.218. The minimum atomic E-state index is -0.905. The summed E-state index contributed by atoms with van der Waals surface area (Å²) in [4.78, 5) is 1.87. The van der Waals surface area contributed by atoms with Crippen LogP contribution in [-0.2, 0) is 4.74 Å². The molecule has 0 aromatic heterocycles. The molecule has 1 aliphatic rings. The van der Waals surface area contributed by atoms with Crippen molar-refractivity contribution in [1.29, 1.82) is 0 Å². The number of benzene rings is 2. The van der Waals surface area contributed by atoms with Gasteiger partial charge < -0.3 is 14.9 Å². The molecule has 1 aliphatic heterocycles. The lowest BCUT2D eigenvalue weighted by Gasteiger charge is -2.36. The van der Waals surface area contributed by atoms with E-state index in [4.69, 9.17) is 16.3 Å². The molecule has 1 heterocycles. The number of nitrogens with zero attached hydrogens (tertiary/aromatic N) is 1. The van der Waals surface area contributed by atoms with Gasteiger partial charge in [0.05, 0.1) is 13.2 Å². The fourth-order valence-corrected chi connectivity index (χ4v) is 3.41. The lowest BCUT2D eigenvalue weighted by Crippen LogP contribution is -2.50. The summed E-state index contributed by atoms with van der Waals surface area (Å²) in [7, 11) is 0. The highest BCUT2D eigenvalue weighted by Gasteiger charge is 2.31. The first-order chi connectivity index (χ1) is 12.1. The van der Waals surface area contributed by atoms with Crippen molar-refractivity contribution in [2.75, 3.05) is 26.3 Å². The van der Waals surface area contributed by atoms with Crippen molar-refractivity contribution < 1.29 is 14.9 Å². The molecule has 5 heteroatoms. The van der Waals surface area contributed by atoms with E-state index in [0.29, 0.717) is 31.3 Å². The number of ether oxygens (including phenoxy) is 1. The number of morpholine rings is 1. The molecule has 0 radical (unpaired) electrons. The Kier molecular flexibility index (Phi) is 6.10. The second-order valence-corrected chi connectivity index (χ2v) is 6.87. The Morgan fingerprint density at radius 3 is 2.32 bits per heavy atom. The van der Waals surface area contributed by atoms with Gasteiger partial charge >= 0.3 is 0 Å². The summed E-state index contributed by atoms with van der Waals surface area (Å²) in [6.07, 6.45) is -1.79. The largest absolute Gasteiger partial charge is 0.388 e. The van der Waals surface area contributed by atoms with Crippen LogP contribution >= 0.6 is 11.6 Å². The summed E-state index contributed by atoms with van der Waals surface area (Å²) in [5, 5.41) is 22.0. The van der Waals surface area contributed by atoms with Crippen LogP contribution in [0.2, 0.25) is 5.02 Å². The van der Waals surface area contributed by atoms with Crippen LogP contribution in [-0.4, -0.2) is 53.7 Å². The molecule has 25 heavy (non-hydrogen) atoms. The Labute approximate surface area is 153 Å². The van der Waals surface area contributed by atoms with Gasteiger partial charge in [-0.05, 0) is 28.8 Å². The molecule has 0 saturated carbocycles. The van der Waals surface area contributed by atoms with Gasteiger partial charge in [0.25, 0.3) is 0 Å². The molecule has 3 rings (SSSR count). The third-order valence-corrected chi connectivity index (χ3v) is 5.10. The lowest BCUT2D eigenvalue weighted by molar-refractivity contribution is -0.119. The molecule has 2 aromatic rings. The van der Waals surface area contributed by atoms with Crippen LogP contribution in [0.25, 0.3) is 11.1 Å². The zero-order chi connectivity index (χ0) is 17.8. The Balaban J connectivity index is 1.84. The number of halogens is 1. The van der Waals surface area contributed by atoms with Crippen molar-refractivity contribution in [1.82, 2.24) is 4.90 Å². The molecule has 3 atom stereocenters. The average molecular weight is 362 g/mol. The number of aliphatic hydroxyl groups excluding tert-OH is 2. The molecule has 0 amide bonds. The number of hydrogen-bond acceptors (Lipinski definition) is 4. The van der Waals surface area contributed by atoms with E-state index in [9.17, 15) is 10.2 Å². The molecule has 0 aliphatic carbocycles. The summed E-state index contributed by atoms with van der Waals surface area (Å²) in [6, 6.07) is 15.6. The molecule has 2 aromatic carbocycles. The maximum Gasteiger partial charge on any atom is 0.134 e. The molecule has 0 spiro atoms. The van der Waals surface area contributed by atoms with Gasteiger partial charge in [-0.25, -0.2) is 0 Å². The van der Waals surface area contributed by atoms with Crippen molar-refractivity contribution in [2.45, 2.75) is 25.2 Å². The molecular formula is C20H24ClNO3. The fourth-order valence-electron chi connectivity index (χ4n) is 3.29. The van der Waals surface area contributed by atoms with Crippen LogP contribution in [0.4, 0.5) is 0 Å². The molecule has 0 bridgehead atoms. The van der Waals surface area contributed by atoms with E-state index >= 15 is 0 Å². The van der Waals surface area contributed by atoms with E-state index < -0.39 is 12.3 Å². The third-order valence-electron chi connectivity index (χ3n) is 4.84. The van der Waals surface area contributed by atoms with Gasteiger partial charge in [0.1, 0.15) is 12.3 Å². The summed E-state index contributed by atoms with van der Waals surface area (Å²) in [5.41, 5.74) is 3.09. The van der Waals surface area contributed by atoms with Crippen molar-refractivity contribution in [3.8, 4) is 11.1 Å². The van der Waals surface area contributed by atoms with Gasteiger partial charge in [0, 0.05) is 24.0 Å². The van der Waals surface area contributed by atoms with Crippen LogP contribution in [0.5, 0.6) is 0 Å². The van der Waals surface area contributed by atoms with E-state index in [1.165, 1.54) is 0 Å². The predicted octanol–water partition coefficient (Wildman–Crippen LogP) is 3.12. The maximum atomic E-state index is 10.8. The monoisotopic (exact) mass is 361 g/mol. The second kappa shape index (κ2) is 8.30. The van der Waals surface area contributed by atoms with Gasteiger partial charge in [-0.2, -0.15) is 0 Å². The minimum Gasteiger partial charge on any atom is -0.388 e. The van der Waals surface area contributed by atoms with Crippen LogP contribution in [0.3, 0.4) is 0 Å². The SMILES string of the molecule is CC(c1ccccc1-c1ccc(Cl)cc1)C(O)C(O)N1CCOCC1. The summed E-state index contributed by atoms with van der Waals surface area (Å²) < 4.78 is 5.32. The van der Waals surface area contributed by atoms with Crippen molar-refractivity contribution >= 4 is 11.6 Å². The molecule has 3 unspecified atom stereocenters. The topological polar surface area (TPSA) is 52.9 Å². The van der Waals surface area contributed by atoms with E-state index in [1.807, 2.05) is 60.4 Å². The Morgan fingerprint density at radius 1 is 1.00 bits per heavy atom. The highest BCUT2D eigenvalue weighted by molar-refractivity contribution is 6.30. The quantitative estimate of drug-likeness (QED) is 0.859.